The quantitative estimate of drug-likeness (QED) is 0.803. The van der Waals surface area contributed by atoms with Gasteiger partial charge in [0.05, 0.1) is 6.54 Å². The second kappa shape index (κ2) is 6.08. The molecule has 0 aliphatic rings. The van der Waals surface area contributed by atoms with Gasteiger partial charge in [0.15, 0.2) is 5.82 Å². The van der Waals surface area contributed by atoms with E-state index >= 15 is 0 Å². The van der Waals surface area contributed by atoms with Crippen LogP contribution >= 0.6 is 0 Å². The largest absolute Gasteiger partial charge is 0.340 e. The van der Waals surface area contributed by atoms with Crippen LogP contribution in [-0.4, -0.2) is 20.6 Å². The minimum atomic E-state index is -0.166. The Bertz CT molecular complexity index is 828. The van der Waals surface area contributed by atoms with Crippen LogP contribution in [0, 0.1) is 20.8 Å². The maximum atomic E-state index is 12.5. The summed E-state index contributed by atoms with van der Waals surface area (Å²) in [4.78, 5) is 16.7. The van der Waals surface area contributed by atoms with E-state index in [1.54, 1.807) is 17.6 Å². The Balaban J connectivity index is 1.79. The molecule has 118 valence electrons. The van der Waals surface area contributed by atoms with Crippen molar-refractivity contribution < 1.29 is 9.32 Å². The van der Waals surface area contributed by atoms with Gasteiger partial charge < -0.3 is 14.4 Å². The van der Waals surface area contributed by atoms with Crippen molar-refractivity contribution in [2.45, 2.75) is 27.3 Å². The van der Waals surface area contributed by atoms with E-state index in [4.69, 9.17) is 4.52 Å². The van der Waals surface area contributed by atoms with E-state index < -0.39 is 0 Å². The fourth-order valence-electron chi connectivity index (χ4n) is 2.56. The van der Waals surface area contributed by atoms with Crippen molar-refractivity contribution in [2.75, 3.05) is 5.32 Å². The van der Waals surface area contributed by atoms with Gasteiger partial charge in [-0.2, -0.15) is 4.98 Å². The highest BCUT2D eigenvalue weighted by molar-refractivity contribution is 6.03. The van der Waals surface area contributed by atoms with E-state index in [1.165, 1.54) is 0 Å². The fourth-order valence-corrected chi connectivity index (χ4v) is 2.56. The van der Waals surface area contributed by atoms with Gasteiger partial charge in [0.1, 0.15) is 5.69 Å². The smallest absolute Gasteiger partial charge is 0.272 e. The molecule has 0 saturated carbocycles. The lowest BCUT2D eigenvalue weighted by Crippen LogP contribution is -2.17. The third-order valence-corrected chi connectivity index (χ3v) is 3.42. The Morgan fingerprint density at radius 1 is 1.22 bits per heavy atom. The maximum Gasteiger partial charge on any atom is 0.272 e. The van der Waals surface area contributed by atoms with Gasteiger partial charge in [0.25, 0.3) is 5.91 Å². The first-order valence-corrected chi connectivity index (χ1v) is 7.35. The molecule has 3 rings (SSSR count). The molecule has 0 unspecified atom stereocenters. The van der Waals surface area contributed by atoms with Crippen LogP contribution in [0.15, 0.2) is 41.1 Å². The summed E-state index contributed by atoms with van der Waals surface area (Å²) < 4.78 is 6.75. The second-order valence-electron chi connectivity index (χ2n) is 5.58. The molecule has 6 heteroatoms. The Kier molecular flexibility index (Phi) is 3.97. The number of carbonyl (C=O) groups excluding carboxylic acids is 1. The first kappa shape index (κ1) is 15.0. The first-order chi connectivity index (χ1) is 11.0. The summed E-state index contributed by atoms with van der Waals surface area (Å²) in [6.45, 7) is 6.13. The number of carbonyl (C=O) groups is 1. The highest BCUT2D eigenvalue weighted by Gasteiger charge is 2.13. The Labute approximate surface area is 134 Å². The number of nitrogens with one attached hydrogen (secondary N) is 1. The third-order valence-electron chi connectivity index (χ3n) is 3.42. The summed E-state index contributed by atoms with van der Waals surface area (Å²) in [7, 11) is 0. The second-order valence-corrected chi connectivity index (χ2v) is 5.58. The van der Waals surface area contributed by atoms with Crippen molar-refractivity contribution in [2.24, 2.45) is 0 Å². The molecule has 0 saturated heterocycles. The molecule has 0 bridgehead atoms. The lowest BCUT2D eigenvalue weighted by Gasteiger charge is -2.09. The molecule has 0 aliphatic carbocycles. The van der Waals surface area contributed by atoms with Gasteiger partial charge in [-0.15, -0.1) is 0 Å². The number of nitrogens with zero attached hydrogens (tertiary/aromatic N) is 3. The lowest BCUT2D eigenvalue weighted by molar-refractivity contribution is 0.101. The van der Waals surface area contributed by atoms with Crippen LogP contribution in [0.5, 0.6) is 0 Å². The van der Waals surface area contributed by atoms with E-state index in [1.807, 2.05) is 38.2 Å². The Hall–Kier alpha value is -2.89. The summed E-state index contributed by atoms with van der Waals surface area (Å²) in [6, 6.07) is 9.55. The molecule has 3 aromatic rings. The molecule has 1 amide bonds. The standard InChI is InChI=1S/C17H18N4O2/c1-11-7-12(2)9-14(8-11)19-17(22)15-5-4-6-21(15)10-16-18-13(3)23-20-16/h4-9H,10H2,1-3H3,(H,19,22). The zero-order valence-corrected chi connectivity index (χ0v) is 13.3. The number of benzene rings is 1. The maximum absolute atomic E-state index is 12.5. The van der Waals surface area contributed by atoms with Gasteiger partial charge in [0, 0.05) is 18.8 Å². The van der Waals surface area contributed by atoms with Gasteiger partial charge >= 0.3 is 0 Å². The van der Waals surface area contributed by atoms with E-state index in [9.17, 15) is 4.79 Å². The molecular weight excluding hydrogens is 292 g/mol. The molecule has 0 spiro atoms. The van der Waals surface area contributed by atoms with Crippen molar-refractivity contribution in [1.29, 1.82) is 0 Å². The summed E-state index contributed by atoms with van der Waals surface area (Å²) in [5, 5.41) is 6.79. The predicted octanol–water partition coefficient (Wildman–Crippen LogP) is 3.10. The minimum Gasteiger partial charge on any atom is -0.340 e. The normalized spacial score (nSPS) is 10.7. The molecule has 1 N–H and O–H groups in total. The Morgan fingerprint density at radius 3 is 2.61 bits per heavy atom. The molecule has 0 aliphatic heterocycles. The topological polar surface area (TPSA) is 73.0 Å². The van der Waals surface area contributed by atoms with Gasteiger partial charge in [-0.25, -0.2) is 0 Å². The van der Waals surface area contributed by atoms with Gasteiger partial charge in [0.2, 0.25) is 5.89 Å². The molecule has 1 aromatic carbocycles. The number of hydrogen-bond acceptors (Lipinski definition) is 4. The summed E-state index contributed by atoms with van der Waals surface area (Å²) in [6.07, 6.45) is 1.82. The summed E-state index contributed by atoms with van der Waals surface area (Å²) >= 11 is 0. The van der Waals surface area contributed by atoms with Crippen LogP contribution in [0.4, 0.5) is 5.69 Å². The van der Waals surface area contributed by atoms with Gasteiger partial charge in [-0.05, 0) is 49.2 Å². The predicted molar refractivity (Wildman–Crippen MR) is 86.4 cm³/mol. The van der Waals surface area contributed by atoms with Crippen LogP contribution in [0.2, 0.25) is 0 Å². The number of aryl methyl sites for hydroxylation is 3. The van der Waals surface area contributed by atoms with Gasteiger partial charge in [-0.1, -0.05) is 11.2 Å². The number of hydrogen-bond donors (Lipinski definition) is 1. The highest BCUT2D eigenvalue weighted by atomic mass is 16.5. The monoisotopic (exact) mass is 310 g/mol. The molecular formula is C17H18N4O2. The average Bonchev–Trinajstić information content (AvgIpc) is 3.07. The van der Waals surface area contributed by atoms with E-state index in [2.05, 4.69) is 21.5 Å². The molecule has 23 heavy (non-hydrogen) atoms. The van der Waals surface area contributed by atoms with Crippen molar-refractivity contribution >= 4 is 11.6 Å². The van der Waals surface area contributed by atoms with E-state index in [0.717, 1.165) is 16.8 Å². The SMILES string of the molecule is Cc1cc(C)cc(NC(=O)c2cccn2Cc2noc(C)n2)c1. The van der Waals surface area contributed by atoms with Crippen molar-refractivity contribution in [1.82, 2.24) is 14.7 Å². The van der Waals surface area contributed by atoms with Crippen LogP contribution in [0.1, 0.15) is 33.3 Å². The lowest BCUT2D eigenvalue weighted by atomic mass is 10.1. The first-order valence-electron chi connectivity index (χ1n) is 7.35. The number of amides is 1. The summed E-state index contributed by atoms with van der Waals surface area (Å²) in [5.74, 6) is 0.882. The van der Waals surface area contributed by atoms with Gasteiger partial charge in [-0.3, -0.25) is 4.79 Å². The molecule has 0 atom stereocenters. The average molecular weight is 310 g/mol. The molecule has 6 nitrogen and oxygen atoms in total. The Morgan fingerprint density at radius 2 is 1.96 bits per heavy atom. The summed E-state index contributed by atoms with van der Waals surface area (Å²) in [5.41, 5.74) is 3.55. The third kappa shape index (κ3) is 3.48. The van der Waals surface area contributed by atoms with Crippen LogP contribution in [-0.2, 0) is 6.54 Å². The van der Waals surface area contributed by atoms with Crippen molar-refractivity contribution in [3.05, 3.63) is 65.1 Å². The van der Waals surface area contributed by atoms with Crippen LogP contribution < -0.4 is 5.32 Å². The van der Waals surface area contributed by atoms with Crippen molar-refractivity contribution in [3.63, 3.8) is 0 Å². The minimum absolute atomic E-state index is 0.166. The zero-order chi connectivity index (χ0) is 16.4. The van der Waals surface area contributed by atoms with Crippen LogP contribution in [0.3, 0.4) is 0 Å². The van der Waals surface area contributed by atoms with Crippen molar-refractivity contribution in [3.8, 4) is 0 Å². The number of rotatable bonds is 4. The number of aromatic nitrogens is 3. The van der Waals surface area contributed by atoms with Crippen LogP contribution in [0.25, 0.3) is 0 Å². The molecule has 2 heterocycles. The number of anilines is 1. The highest BCUT2D eigenvalue weighted by Crippen LogP contribution is 2.15. The fraction of sp³-hybridized carbons (Fsp3) is 0.235. The molecule has 0 fully saturated rings. The molecule has 0 radical (unpaired) electrons. The molecule has 2 aromatic heterocycles. The van der Waals surface area contributed by atoms with E-state index in [-0.39, 0.29) is 5.91 Å². The van der Waals surface area contributed by atoms with E-state index in [0.29, 0.717) is 24.0 Å². The zero-order valence-electron chi connectivity index (χ0n) is 13.3.